The number of piperazine rings is 1. The van der Waals surface area contributed by atoms with E-state index in [-0.39, 0.29) is 0 Å². The summed E-state index contributed by atoms with van der Waals surface area (Å²) >= 11 is 0. The molecule has 1 aliphatic carbocycles. The number of nitrogens with zero attached hydrogens (tertiary/aromatic N) is 2. The van der Waals surface area contributed by atoms with Crippen LogP contribution >= 0.6 is 0 Å². The summed E-state index contributed by atoms with van der Waals surface area (Å²) in [5.74, 6) is 2.81. The highest BCUT2D eigenvalue weighted by Gasteiger charge is 2.23. The molecule has 144 valence electrons. The van der Waals surface area contributed by atoms with Crippen LogP contribution in [0.15, 0.2) is 18.2 Å². The van der Waals surface area contributed by atoms with E-state index in [4.69, 9.17) is 9.47 Å². The zero-order valence-corrected chi connectivity index (χ0v) is 16.2. The quantitative estimate of drug-likeness (QED) is 0.748. The molecule has 3 rings (SSSR count). The monoisotopic (exact) mass is 360 g/mol. The van der Waals surface area contributed by atoms with E-state index in [2.05, 4.69) is 15.9 Å². The van der Waals surface area contributed by atoms with E-state index in [9.17, 15) is 4.79 Å². The van der Waals surface area contributed by atoms with Crippen molar-refractivity contribution in [3.63, 3.8) is 0 Å². The Morgan fingerprint density at radius 1 is 1.08 bits per heavy atom. The molecule has 1 amide bonds. The molecule has 1 aromatic rings. The SMILES string of the molecule is COc1ccc(CN2CCN(C(=O)CCC3CCCC3)CC2)c(OC)c1. The second-order valence-electron chi connectivity index (χ2n) is 7.52. The lowest BCUT2D eigenvalue weighted by Gasteiger charge is -2.35. The van der Waals surface area contributed by atoms with E-state index in [0.717, 1.165) is 68.5 Å². The van der Waals surface area contributed by atoms with Crippen LogP contribution in [-0.4, -0.2) is 56.1 Å². The lowest BCUT2D eigenvalue weighted by molar-refractivity contribution is -0.133. The Morgan fingerprint density at radius 3 is 2.46 bits per heavy atom. The zero-order valence-electron chi connectivity index (χ0n) is 16.2. The smallest absolute Gasteiger partial charge is 0.222 e. The van der Waals surface area contributed by atoms with E-state index in [1.54, 1.807) is 14.2 Å². The van der Waals surface area contributed by atoms with Gasteiger partial charge in [0.2, 0.25) is 5.91 Å². The number of carbonyl (C=O) groups is 1. The van der Waals surface area contributed by atoms with E-state index in [1.165, 1.54) is 25.7 Å². The average Bonchev–Trinajstić information content (AvgIpc) is 3.20. The third-order valence-electron chi connectivity index (χ3n) is 5.85. The predicted octanol–water partition coefficient (Wildman–Crippen LogP) is 3.32. The van der Waals surface area contributed by atoms with Gasteiger partial charge in [0.15, 0.2) is 0 Å². The van der Waals surface area contributed by atoms with Crippen molar-refractivity contribution in [2.45, 2.75) is 45.1 Å². The van der Waals surface area contributed by atoms with Crippen LogP contribution in [0, 0.1) is 5.92 Å². The van der Waals surface area contributed by atoms with Crippen LogP contribution in [0.2, 0.25) is 0 Å². The van der Waals surface area contributed by atoms with Crippen molar-refractivity contribution in [3.8, 4) is 11.5 Å². The summed E-state index contributed by atoms with van der Waals surface area (Å²) in [4.78, 5) is 16.9. The molecule has 0 spiro atoms. The molecule has 0 aromatic heterocycles. The highest BCUT2D eigenvalue weighted by atomic mass is 16.5. The van der Waals surface area contributed by atoms with E-state index < -0.39 is 0 Å². The maximum atomic E-state index is 12.5. The number of hydrogen-bond donors (Lipinski definition) is 0. The summed E-state index contributed by atoms with van der Waals surface area (Å²) in [6, 6.07) is 5.97. The van der Waals surface area contributed by atoms with Crippen molar-refractivity contribution >= 4 is 5.91 Å². The van der Waals surface area contributed by atoms with Crippen molar-refractivity contribution in [1.82, 2.24) is 9.80 Å². The topological polar surface area (TPSA) is 42.0 Å². The molecule has 1 saturated heterocycles. The number of benzene rings is 1. The molecule has 0 N–H and O–H groups in total. The molecule has 5 heteroatoms. The Hall–Kier alpha value is -1.75. The first-order valence-corrected chi connectivity index (χ1v) is 9.90. The van der Waals surface area contributed by atoms with Crippen LogP contribution in [0.5, 0.6) is 11.5 Å². The van der Waals surface area contributed by atoms with Gasteiger partial charge in [0.25, 0.3) is 0 Å². The normalized spacial score (nSPS) is 18.9. The van der Waals surface area contributed by atoms with E-state index >= 15 is 0 Å². The maximum absolute atomic E-state index is 12.5. The van der Waals surface area contributed by atoms with Crippen LogP contribution < -0.4 is 9.47 Å². The molecule has 0 bridgehead atoms. The minimum atomic E-state index is 0.346. The second-order valence-corrected chi connectivity index (χ2v) is 7.52. The van der Waals surface area contributed by atoms with Gasteiger partial charge >= 0.3 is 0 Å². The minimum Gasteiger partial charge on any atom is -0.497 e. The third-order valence-corrected chi connectivity index (χ3v) is 5.85. The van der Waals surface area contributed by atoms with Crippen molar-refractivity contribution in [2.24, 2.45) is 5.92 Å². The summed E-state index contributed by atoms with van der Waals surface area (Å²) in [6.07, 6.45) is 7.17. The number of carbonyl (C=O) groups excluding carboxylic acids is 1. The van der Waals surface area contributed by atoms with Crippen LogP contribution in [0.25, 0.3) is 0 Å². The lowest BCUT2D eigenvalue weighted by atomic mass is 10.0. The number of rotatable bonds is 7. The average molecular weight is 360 g/mol. The fourth-order valence-electron chi connectivity index (χ4n) is 4.16. The third kappa shape index (κ3) is 4.91. The molecule has 2 fully saturated rings. The first-order chi connectivity index (χ1) is 12.7. The summed E-state index contributed by atoms with van der Waals surface area (Å²) in [7, 11) is 3.36. The molecule has 1 aliphatic heterocycles. The molecule has 0 radical (unpaired) electrons. The van der Waals surface area contributed by atoms with E-state index in [1.807, 2.05) is 12.1 Å². The van der Waals surface area contributed by atoms with Crippen LogP contribution in [0.3, 0.4) is 0 Å². The molecule has 1 aromatic carbocycles. The summed E-state index contributed by atoms with van der Waals surface area (Å²) in [5, 5.41) is 0. The van der Waals surface area contributed by atoms with Crippen LogP contribution in [0.4, 0.5) is 0 Å². The van der Waals surface area contributed by atoms with Gasteiger partial charge in [-0.05, 0) is 18.4 Å². The molecule has 1 saturated carbocycles. The van der Waals surface area contributed by atoms with Gasteiger partial charge in [-0.3, -0.25) is 9.69 Å². The Kier molecular flexibility index (Phi) is 6.78. The molecule has 0 unspecified atom stereocenters. The van der Waals surface area contributed by atoms with Gasteiger partial charge in [0.1, 0.15) is 11.5 Å². The highest BCUT2D eigenvalue weighted by molar-refractivity contribution is 5.76. The van der Waals surface area contributed by atoms with Crippen molar-refractivity contribution < 1.29 is 14.3 Å². The molecule has 26 heavy (non-hydrogen) atoms. The van der Waals surface area contributed by atoms with Gasteiger partial charge in [-0.25, -0.2) is 0 Å². The van der Waals surface area contributed by atoms with Crippen molar-refractivity contribution in [2.75, 3.05) is 40.4 Å². The standard InChI is InChI=1S/C21H32N2O3/c1-25-19-9-8-18(20(15-19)26-2)16-22-11-13-23(14-12-22)21(24)10-7-17-5-3-4-6-17/h8-9,15,17H,3-7,10-14,16H2,1-2H3. The Labute approximate surface area is 157 Å². The fraction of sp³-hybridized carbons (Fsp3) is 0.667. The minimum absolute atomic E-state index is 0.346. The molecular weight excluding hydrogens is 328 g/mol. The second kappa shape index (κ2) is 9.26. The first-order valence-electron chi connectivity index (χ1n) is 9.90. The van der Waals surface area contributed by atoms with Crippen molar-refractivity contribution in [1.29, 1.82) is 0 Å². The summed E-state index contributed by atoms with van der Waals surface area (Å²) in [5.41, 5.74) is 1.16. The fourth-order valence-corrected chi connectivity index (χ4v) is 4.16. The van der Waals surface area contributed by atoms with Gasteiger partial charge in [0, 0.05) is 50.8 Å². The van der Waals surface area contributed by atoms with Gasteiger partial charge in [-0.15, -0.1) is 0 Å². The Bertz CT molecular complexity index is 591. The maximum Gasteiger partial charge on any atom is 0.222 e. The summed E-state index contributed by atoms with van der Waals surface area (Å²) in [6.45, 7) is 4.36. The Morgan fingerprint density at radius 2 is 1.81 bits per heavy atom. The number of methoxy groups -OCH3 is 2. The predicted molar refractivity (Wildman–Crippen MR) is 103 cm³/mol. The van der Waals surface area contributed by atoms with Gasteiger partial charge in [-0.2, -0.15) is 0 Å². The Balaban J connectivity index is 1.45. The number of amides is 1. The van der Waals surface area contributed by atoms with Crippen molar-refractivity contribution in [3.05, 3.63) is 23.8 Å². The highest BCUT2D eigenvalue weighted by Crippen LogP contribution is 2.29. The molecular formula is C21H32N2O3. The van der Waals surface area contributed by atoms with E-state index in [0.29, 0.717) is 5.91 Å². The molecule has 0 atom stereocenters. The van der Waals surface area contributed by atoms with Crippen LogP contribution in [0.1, 0.15) is 44.1 Å². The van der Waals surface area contributed by atoms with Gasteiger partial charge < -0.3 is 14.4 Å². The lowest BCUT2D eigenvalue weighted by Crippen LogP contribution is -2.48. The number of ether oxygens (including phenoxy) is 2. The molecule has 1 heterocycles. The largest absolute Gasteiger partial charge is 0.497 e. The van der Waals surface area contributed by atoms with Gasteiger partial charge in [0.05, 0.1) is 14.2 Å². The molecule has 2 aliphatic rings. The number of hydrogen-bond acceptors (Lipinski definition) is 4. The summed E-state index contributed by atoms with van der Waals surface area (Å²) < 4.78 is 10.8. The van der Waals surface area contributed by atoms with Gasteiger partial charge in [-0.1, -0.05) is 31.7 Å². The molecule has 5 nitrogen and oxygen atoms in total. The first kappa shape index (κ1) is 19.0. The van der Waals surface area contributed by atoms with Crippen LogP contribution in [-0.2, 0) is 11.3 Å². The zero-order chi connectivity index (χ0) is 18.4.